The van der Waals surface area contributed by atoms with Crippen LogP contribution in [0.3, 0.4) is 0 Å². The van der Waals surface area contributed by atoms with E-state index in [1.807, 2.05) is 6.07 Å². The Morgan fingerprint density at radius 3 is 3.30 bits per heavy atom. The maximum atomic E-state index is 8.37. The van der Waals surface area contributed by atoms with Crippen LogP contribution in [-0.2, 0) is 0 Å². The maximum Gasteiger partial charge on any atom is 0.269 e. The Bertz CT molecular complexity index is 282. The summed E-state index contributed by atoms with van der Waals surface area (Å²) in [5.74, 6) is 0.144. The number of hydrogen-bond acceptors (Lipinski definition) is 4. The molecule has 0 aliphatic rings. The zero-order valence-corrected chi connectivity index (χ0v) is 4.98. The molecule has 1 aromatic rings. The number of rotatable bonds is 1. The molecule has 5 nitrogen and oxygen atoms in total. The molecule has 50 valence electrons. The summed E-state index contributed by atoms with van der Waals surface area (Å²) in [6, 6.07) is 1.83. The van der Waals surface area contributed by atoms with Crippen LogP contribution in [0.4, 0.5) is 5.88 Å². The average molecular weight is 136 g/mol. The van der Waals surface area contributed by atoms with Gasteiger partial charge < -0.3 is 10.3 Å². The van der Waals surface area contributed by atoms with Gasteiger partial charge in [-0.1, -0.05) is 5.16 Å². The second kappa shape index (κ2) is 2.64. The van der Waals surface area contributed by atoms with E-state index in [0.29, 0.717) is 0 Å². The molecule has 0 aromatic carbocycles. The van der Waals surface area contributed by atoms with E-state index in [-0.39, 0.29) is 11.4 Å². The molecule has 0 unspecified atom stereocenters. The van der Waals surface area contributed by atoms with Gasteiger partial charge in [0.25, 0.3) is 5.88 Å². The first-order chi connectivity index (χ1) is 4.88. The van der Waals surface area contributed by atoms with E-state index in [9.17, 15) is 0 Å². The van der Waals surface area contributed by atoms with Crippen molar-refractivity contribution >= 4 is 12.2 Å². The predicted molar refractivity (Wildman–Crippen MR) is 33.6 cm³/mol. The summed E-state index contributed by atoms with van der Waals surface area (Å²) < 4.78 is 4.55. The Hall–Kier alpha value is -1.83. The van der Waals surface area contributed by atoms with Crippen molar-refractivity contribution in [3.05, 3.63) is 11.8 Å². The fourth-order valence-corrected chi connectivity index (χ4v) is 0.471. The standard InChI is InChI=1S/C5H4N4O/c6-1-4-2-9-10-5(4)8-3-7/h2-3H,(H2,7,8). The van der Waals surface area contributed by atoms with Crippen molar-refractivity contribution in [3.63, 3.8) is 0 Å². The maximum absolute atomic E-state index is 8.37. The predicted octanol–water partition coefficient (Wildman–Crippen LogP) is 0.165. The number of hydrogen-bond donors (Lipinski definition) is 1. The topological polar surface area (TPSA) is 88.2 Å². The molecule has 0 spiro atoms. The van der Waals surface area contributed by atoms with Crippen molar-refractivity contribution in [2.75, 3.05) is 0 Å². The summed E-state index contributed by atoms with van der Waals surface area (Å²) in [6.45, 7) is 0. The van der Waals surface area contributed by atoms with Gasteiger partial charge in [0.05, 0.1) is 12.5 Å². The monoisotopic (exact) mass is 136 g/mol. The van der Waals surface area contributed by atoms with Crippen LogP contribution in [0.2, 0.25) is 0 Å². The van der Waals surface area contributed by atoms with Crippen LogP contribution in [0.5, 0.6) is 0 Å². The molecular formula is C5H4N4O. The first kappa shape index (κ1) is 6.29. The zero-order chi connectivity index (χ0) is 7.40. The summed E-state index contributed by atoms with van der Waals surface area (Å²) in [5.41, 5.74) is 5.23. The van der Waals surface area contributed by atoms with E-state index in [4.69, 9.17) is 11.0 Å². The van der Waals surface area contributed by atoms with Crippen LogP contribution < -0.4 is 5.73 Å². The van der Waals surface area contributed by atoms with Crippen molar-refractivity contribution < 1.29 is 4.52 Å². The normalized spacial score (nSPS) is 9.90. The lowest BCUT2D eigenvalue weighted by molar-refractivity contribution is 0.430. The van der Waals surface area contributed by atoms with Gasteiger partial charge in [0.15, 0.2) is 0 Å². The van der Waals surface area contributed by atoms with Crippen molar-refractivity contribution in [2.45, 2.75) is 0 Å². The van der Waals surface area contributed by atoms with Gasteiger partial charge in [0.1, 0.15) is 11.6 Å². The van der Waals surface area contributed by atoms with Gasteiger partial charge in [-0.3, -0.25) is 0 Å². The molecule has 0 radical (unpaired) electrons. The minimum absolute atomic E-state index is 0.144. The number of nitriles is 1. The molecule has 1 aromatic heterocycles. The molecule has 1 rings (SSSR count). The quantitative estimate of drug-likeness (QED) is 0.440. The molecule has 0 atom stereocenters. The minimum Gasteiger partial charge on any atom is -0.390 e. The summed E-state index contributed by atoms with van der Waals surface area (Å²) in [4.78, 5) is 3.54. The van der Waals surface area contributed by atoms with Crippen LogP contribution in [0.1, 0.15) is 5.56 Å². The Kier molecular flexibility index (Phi) is 1.66. The molecule has 0 aliphatic carbocycles. The highest BCUT2D eigenvalue weighted by atomic mass is 16.5. The Labute approximate surface area is 56.8 Å². The Morgan fingerprint density at radius 1 is 1.90 bits per heavy atom. The van der Waals surface area contributed by atoms with Crippen molar-refractivity contribution in [1.29, 1.82) is 5.26 Å². The fourth-order valence-electron chi connectivity index (χ4n) is 0.471. The molecule has 0 saturated carbocycles. The van der Waals surface area contributed by atoms with E-state index < -0.39 is 0 Å². The molecule has 0 bridgehead atoms. The van der Waals surface area contributed by atoms with E-state index in [2.05, 4.69) is 14.7 Å². The summed E-state index contributed by atoms with van der Waals surface area (Å²) in [5, 5.41) is 11.7. The third-order valence-electron chi connectivity index (χ3n) is 0.864. The average Bonchev–Trinajstić information content (AvgIpc) is 2.36. The van der Waals surface area contributed by atoms with Crippen LogP contribution in [-0.4, -0.2) is 11.5 Å². The van der Waals surface area contributed by atoms with Gasteiger partial charge in [0, 0.05) is 0 Å². The molecule has 5 heteroatoms. The first-order valence-electron chi connectivity index (χ1n) is 2.47. The molecule has 0 saturated heterocycles. The van der Waals surface area contributed by atoms with E-state index in [0.717, 1.165) is 6.34 Å². The highest BCUT2D eigenvalue weighted by Gasteiger charge is 2.02. The van der Waals surface area contributed by atoms with E-state index >= 15 is 0 Å². The smallest absolute Gasteiger partial charge is 0.269 e. The molecule has 1 heterocycles. The van der Waals surface area contributed by atoms with Crippen molar-refractivity contribution in [1.82, 2.24) is 5.16 Å². The van der Waals surface area contributed by atoms with Crippen LogP contribution in [0, 0.1) is 11.3 Å². The van der Waals surface area contributed by atoms with Gasteiger partial charge in [-0.2, -0.15) is 5.26 Å². The SMILES string of the molecule is N#Cc1cnoc1/N=C/N. The van der Waals surface area contributed by atoms with Crippen LogP contribution in [0.15, 0.2) is 15.7 Å². The molecular weight excluding hydrogens is 132 g/mol. The van der Waals surface area contributed by atoms with Crippen molar-refractivity contribution in [3.8, 4) is 6.07 Å². The minimum atomic E-state index is 0.144. The van der Waals surface area contributed by atoms with Gasteiger partial charge in [-0.05, 0) is 0 Å². The fraction of sp³-hybridized carbons (Fsp3) is 0. The number of nitrogens with two attached hydrogens (primary N) is 1. The second-order valence-corrected chi connectivity index (χ2v) is 1.43. The lowest BCUT2D eigenvalue weighted by Gasteiger charge is -1.78. The van der Waals surface area contributed by atoms with Gasteiger partial charge >= 0.3 is 0 Å². The highest BCUT2D eigenvalue weighted by molar-refractivity contribution is 5.59. The van der Waals surface area contributed by atoms with Crippen molar-refractivity contribution in [2.24, 2.45) is 10.7 Å². The molecule has 0 aliphatic heterocycles. The summed E-state index contributed by atoms with van der Waals surface area (Å²) in [7, 11) is 0. The van der Waals surface area contributed by atoms with Gasteiger partial charge in [-0.15, -0.1) is 0 Å². The Balaban J connectivity index is 3.04. The first-order valence-corrected chi connectivity index (χ1v) is 2.47. The largest absolute Gasteiger partial charge is 0.390 e. The highest BCUT2D eigenvalue weighted by Crippen LogP contribution is 2.15. The molecule has 0 fully saturated rings. The summed E-state index contributed by atoms with van der Waals surface area (Å²) in [6.07, 6.45) is 2.32. The lowest BCUT2D eigenvalue weighted by Crippen LogP contribution is -1.86. The number of nitrogens with zero attached hydrogens (tertiary/aromatic N) is 3. The van der Waals surface area contributed by atoms with Crippen LogP contribution in [0.25, 0.3) is 0 Å². The van der Waals surface area contributed by atoms with E-state index in [1.165, 1.54) is 6.20 Å². The number of aromatic nitrogens is 1. The van der Waals surface area contributed by atoms with Crippen LogP contribution >= 0.6 is 0 Å². The third-order valence-corrected chi connectivity index (χ3v) is 0.864. The zero-order valence-electron chi connectivity index (χ0n) is 4.98. The molecule has 10 heavy (non-hydrogen) atoms. The Morgan fingerprint density at radius 2 is 2.70 bits per heavy atom. The molecule has 0 amide bonds. The second-order valence-electron chi connectivity index (χ2n) is 1.43. The lowest BCUT2D eigenvalue weighted by atomic mass is 10.4. The van der Waals surface area contributed by atoms with Gasteiger partial charge in [0.2, 0.25) is 0 Å². The molecule has 2 N–H and O–H groups in total. The van der Waals surface area contributed by atoms with Gasteiger partial charge in [-0.25, -0.2) is 4.99 Å². The summed E-state index contributed by atoms with van der Waals surface area (Å²) >= 11 is 0. The number of aliphatic imine (C=N–C) groups is 1. The third kappa shape index (κ3) is 0.951. The van der Waals surface area contributed by atoms with E-state index in [1.54, 1.807) is 0 Å².